The van der Waals surface area contributed by atoms with Crippen LogP contribution < -0.4 is 14.5 Å². The number of benzene rings is 9. The highest BCUT2D eigenvalue weighted by Gasteiger charge is 2.32. The first-order valence-corrected chi connectivity index (χ1v) is 25.0. The molecule has 0 aliphatic carbocycles. The van der Waals surface area contributed by atoms with Crippen molar-refractivity contribution >= 4 is 44.6 Å². The van der Waals surface area contributed by atoms with Crippen molar-refractivity contribution in [1.29, 1.82) is 0 Å². The molecule has 350 valence electrons. The molecule has 5 heteroatoms. The molecule has 2 aromatic heterocycles. The number of aromatic nitrogens is 2. The Labute approximate surface area is 422 Å². The second-order valence-corrected chi connectivity index (χ2v) is 20.5. The van der Waals surface area contributed by atoms with Crippen LogP contribution in [0.5, 0.6) is 11.5 Å². The summed E-state index contributed by atoms with van der Waals surface area (Å²) in [4.78, 5) is 9.97. The Hall–Kier alpha value is -8.67. The topological polar surface area (TPSA) is 33.5 Å². The fourth-order valence-electron chi connectivity index (χ4n) is 10.5. The number of pyridine rings is 1. The fourth-order valence-corrected chi connectivity index (χ4v) is 10.5. The predicted octanol–water partition coefficient (Wildman–Crippen LogP) is 17.8. The third-order valence-electron chi connectivity index (χ3n) is 14.5. The van der Waals surface area contributed by atoms with Crippen molar-refractivity contribution in [2.75, 3.05) is 16.5 Å². The van der Waals surface area contributed by atoms with Gasteiger partial charge in [0.1, 0.15) is 24.0 Å². The Morgan fingerprint density at radius 2 is 1.08 bits per heavy atom. The van der Waals surface area contributed by atoms with Crippen LogP contribution in [0, 0.1) is 0 Å². The number of fused-ring (bicyclic) bond motifs is 4. The van der Waals surface area contributed by atoms with Gasteiger partial charge in [0.15, 0.2) is 0 Å². The monoisotopic (exact) mass is 932 g/mol. The summed E-state index contributed by atoms with van der Waals surface area (Å²) < 4.78 is 9.24. The lowest BCUT2D eigenvalue weighted by Gasteiger charge is -2.27. The van der Waals surface area contributed by atoms with Crippen LogP contribution in [0.3, 0.4) is 0 Å². The second kappa shape index (κ2) is 17.9. The molecule has 0 spiro atoms. The van der Waals surface area contributed by atoms with E-state index in [1.165, 1.54) is 55.8 Å². The van der Waals surface area contributed by atoms with Crippen molar-refractivity contribution < 1.29 is 4.74 Å². The van der Waals surface area contributed by atoms with E-state index in [1.807, 2.05) is 6.20 Å². The maximum atomic E-state index is 6.94. The molecule has 0 amide bonds. The number of anilines is 4. The number of rotatable bonds is 10. The zero-order chi connectivity index (χ0) is 49.0. The minimum Gasteiger partial charge on any atom is -0.457 e. The van der Waals surface area contributed by atoms with Crippen LogP contribution in [0.2, 0.25) is 0 Å². The Balaban J connectivity index is 0.950. The molecule has 0 bridgehead atoms. The van der Waals surface area contributed by atoms with Crippen LogP contribution in [0.25, 0.3) is 61.0 Å². The van der Waals surface area contributed by atoms with Crippen LogP contribution in [-0.2, 0) is 10.8 Å². The van der Waals surface area contributed by atoms with Gasteiger partial charge >= 0.3 is 0 Å². The van der Waals surface area contributed by atoms with E-state index in [-0.39, 0.29) is 10.8 Å². The maximum Gasteiger partial charge on any atom is 0.137 e. The summed E-state index contributed by atoms with van der Waals surface area (Å²) in [7, 11) is 0. The summed E-state index contributed by atoms with van der Waals surface area (Å²) in [5.74, 6) is 2.36. The lowest BCUT2D eigenvalue weighted by atomic mass is 9.78. The third kappa shape index (κ3) is 8.17. The van der Waals surface area contributed by atoms with E-state index in [0.29, 0.717) is 6.67 Å². The van der Waals surface area contributed by atoms with Gasteiger partial charge in [0, 0.05) is 51.5 Å². The molecule has 0 fully saturated rings. The Kier molecular flexibility index (Phi) is 11.1. The summed E-state index contributed by atoms with van der Waals surface area (Å²) in [5, 5.41) is 2.29. The highest BCUT2D eigenvalue weighted by Crippen LogP contribution is 2.51. The van der Waals surface area contributed by atoms with Crippen molar-refractivity contribution in [2.24, 2.45) is 0 Å². The van der Waals surface area contributed by atoms with Gasteiger partial charge in [0.05, 0.1) is 22.4 Å². The molecule has 1 aliphatic rings. The van der Waals surface area contributed by atoms with Gasteiger partial charge in [-0.2, -0.15) is 0 Å². The molecular formula is C67H56N4O. The number of ether oxygens (including phenoxy) is 1. The van der Waals surface area contributed by atoms with Crippen molar-refractivity contribution in [3.63, 3.8) is 0 Å². The molecule has 0 radical (unpaired) electrons. The number of hydrogen-bond donors (Lipinski definition) is 0. The zero-order valence-corrected chi connectivity index (χ0v) is 41.4. The molecule has 0 saturated heterocycles. The molecule has 1 aliphatic heterocycles. The molecule has 0 N–H and O–H groups in total. The van der Waals surface area contributed by atoms with E-state index in [9.17, 15) is 0 Å². The molecule has 3 heterocycles. The number of nitrogens with zero attached hydrogens (tertiary/aromatic N) is 4. The van der Waals surface area contributed by atoms with Gasteiger partial charge in [-0.3, -0.25) is 4.57 Å². The first-order chi connectivity index (χ1) is 35.1. The fraction of sp³-hybridized carbons (Fsp3) is 0.119. The van der Waals surface area contributed by atoms with Gasteiger partial charge in [-0.05, 0) is 117 Å². The molecular weight excluding hydrogens is 877 g/mol. The molecule has 0 unspecified atom stereocenters. The van der Waals surface area contributed by atoms with E-state index in [4.69, 9.17) is 9.72 Å². The standard InChI is InChI=1S/C67H56N4O/c1-66(2,3)53-38-50(47-22-12-7-13-23-47)39-55(41-53)70-45-69(62-31-19-30-58(65(62)70)48-24-14-8-15-25-48)54-28-18-29-56(43-54)72-57-33-34-59-60-40-49(46-20-10-6-11-21-46)32-35-61(60)71(63(59)44-57)64-42-52(36-37-68-64)67(4,5)51-26-16-9-17-27-51/h6-44H,45H2,1-5H3. The largest absolute Gasteiger partial charge is 0.457 e. The lowest BCUT2D eigenvalue weighted by molar-refractivity contribution is 0.483. The van der Waals surface area contributed by atoms with Crippen molar-refractivity contribution in [3.8, 4) is 50.7 Å². The predicted molar refractivity (Wildman–Crippen MR) is 301 cm³/mol. The van der Waals surface area contributed by atoms with Gasteiger partial charge < -0.3 is 14.5 Å². The average Bonchev–Trinajstić information content (AvgIpc) is 3.98. The van der Waals surface area contributed by atoms with E-state index in [2.05, 4.69) is 280 Å². The van der Waals surface area contributed by atoms with Gasteiger partial charge in [0.25, 0.3) is 0 Å². The molecule has 0 atom stereocenters. The molecule has 9 aromatic carbocycles. The normalized spacial score (nSPS) is 12.7. The van der Waals surface area contributed by atoms with Crippen molar-refractivity contribution in [1.82, 2.24) is 9.55 Å². The van der Waals surface area contributed by atoms with Gasteiger partial charge in [-0.15, -0.1) is 0 Å². The van der Waals surface area contributed by atoms with E-state index < -0.39 is 0 Å². The highest BCUT2D eigenvalue weighted by molar-refractivity contribution is 6.11. The molecule has 5 nitrogen and oxygen atoms in total. The number of hydrogen-bond acceptors (Lipinski definition) is 4. The lowest BCUT2D eigenvalue weighted by Crippen LogP contribution is -2.24. The molecule has 12 rings (SSSR count). The third-order valence-corrected chi connectivity index (χ3v) is 14.5. The molecule has 11 aromatic rings. The Bertz CT molecular complexity index is 3760. The number of para-hydroxylation sites is 1. The smallest absolute Gasteiger partial charge is 0.137 e. The quantitative estimate of drug-likeness (QED) is 0.137. The average molecular weight is 933 g/mol. The van der Waals surface area contributed by atoms with E-state index >= 15 is 0 Å². The Morgan fingerprint density at radius 3 is 1.81 bits per heavy atom. The molecule has 72 heavy (non-hydrogen) atoms. The minimum absolute atomic E-state index is 0.0608. The first-order valence-electron chi connectivity index (χ1n) is 25.0. The minimum atomic E-state index is -0.241. The summed E-state index contributed by atoms with van der Waals surface area (Å²) in [5.41, 5.74) is 17.2. The second-order valence-electron chi connectivity index (χ2n) is 20.5. The van der Waals surface area contributed by atoms with Gasteiger partial charge in [-0.1, -0.05) is 186 Å². The summed E-state index contributed by atoms with van der Waals surface area (Å²) >= 11 is 0. The first kappa shape index (κ1) is 44.5. The highest BCUT2D eigenvalue weighted by atomic mass is 16.5. The summed E-state index contributed by atoms with van der Waals surface area (Å²) in [6.45, 7) is 12.1. The van der Waals surface area contributed by atoms with E-state index in [0.717, 1.165) is 56.2 Å². The molecule has 0 saturated carbocycles. The van der Waals surface area contributed by atoms with Crippen LogP contribution in [-0.4, -0.2) is 16.2 Å². The zero-order valence-electron chi connectivity index (χ0n) is 41.4. The van der Waals surface area contributed by atoms with Crippen LogP contribution in [0.15, 0.2) is 237 Å². The van der Waals surface area contributed by atoms with Crippen LogP contribution in [0.4, 0.5) is 22.7 Å². The van der Waals surface area contributed by atoms with E-state index in [1.54, 1.807) is 0 Å². The maximum absolute atomic E-state index is 6.94. The SMILES string of the molecule is CC(C)(C)c1cc(-c2ccccc2)cc(N2CN(c3cccc(Oc4ccc5c6cc(-c7ccccc7)ccc6n(-c6cc(C(C)(C)c7ccccc7)ccn6)c5c4)c3)c3cccc(-c4ccccc4)c32)c1. The van der Waals surface area contributed by atoms with Gasteiger partial charge in [0.2, 0.25) is 0 Å². The van der Waals surface area contributed by atoms with Crippen molar-refractivity contribution in [2.45, 2.75) is 45.4 Å². The summed E-state index contributed by atoms with van der Waals surface area (Å²) in [6.07, 6.45) is 1.95. The van der Waals surface area contributed by atoms with Crippen LogP contribution in [0.1, 0.15) is 51.3 Å². The van der Waals surface area contributed by atoms with Crippen LogP contribution >= 0.6 is 0 Å². The summed E-state index contributed by atoms with van der Waals surface area (Å²) in [6, 6.07) is 82.8. The van der Waals surface area contributed by atoms with Gasteiger partial charge in [-0.25, -0.2) is 4.98 Å². The Morgan fingerprint density at radius 1 is 0.417 bits per heavy atom. The van der Waals surface area contributed by atoms with Crippen molar-refractivity contribution in [3.05, 3.63) is 253 Å².